The van der Waals surface area contributed by atoms with Crippen molar-refractivity contribution in [3.63, 3.8) is 0 Å². The molecule has 1 aromatic heterocycles. The molecular weight excluding hydrogens is 310 g/mol. The Kier molecular flexibility index (Phi) is 7.72. The van der Waals surface area contributed by atoms with Crippen LogP contribution in [0.3, 0.4) is 0 Å². The monoisotopic (exact) mass is 341 g/mol. The van der Waals surface area contributed by atoms with Gasteiger partial charge in [-0.25, -0.2) is 0 Å². The standard InChI is InChI=1S/C17H31N3O4/c1-16(10-21,11-22)19(3)8-14-5-6-15(18-7-14)9-20(4)17(2,12-23)13-24/h5-7,21-24H,8-13H2,1-4H3. The van der Waals surface area contributed by atoms with Crippen molar-refractivity contribution in [3.8, 4) is 0 Å². The van der Waals surface area contributed by atoms with Gasteiger partial charge in [-0.2, -0.15) is 0 Å². The van der Waals surface area contributed by atoms with Crippen molar-refractivity contribution in [2.75, 3.05) is 40.5 Å². The highest BCUT2D eigenvalue weighted by molar-refractivity contribution is 5.15. The van der Waals surface area contributed by atoms with Crippen molar-refractivity contribution in [3.05, 3.63) is 29.6 Å². The molecule has 0 saturated heterocycles. The molecule has 0 atom stereocenters. The van der Waals surface area contributed by atoms with Crippen molar-refractivity contribution >= 4 is 0 Å². The number of aliphatic hydroxyl groups excluding tert-OH is 4. The summed E-state index contributed by atoms with van der Waals surface area (Å²) in [4.78, 5) is 8.19. The van der Waals surface area contributed by atoms with Gasteiger partial charge in [0.05, 0.1) is 43.2 Å². The van der Waals surface area contributed by atoms with Gasteiger partial charge < -0.3 is 20.4 Å². The fraction of sp³-hybridized carbons (Fsp3) is 0.706. The quantitative estimate of drug-likeness (QED) is 0.452. The third-order valence-electron chi connectivity index (χ3n) is 4.91. The Hall–Kier alpha value is -1.09. The van der Waals surface area contributed by atoms with Gasteiger partial charge in [0.25, 0.3) is 0 Å². The van der Waals surface area contributed by atoms with Crippen molar-refractivity contribution in [2.45, 2.75) is 38.0 Å². The summed E-state index contributed by atoms with van der Waals surface area (Å²) in [6, 6.07) is 3.86. The molecule has 0 aliphatic heterocycles. The van der Waals surface area contributed by atoms with E-state index in [-0.39, 0.29) is 26.4 Å². The first kappa shape index (κ1) is 21.0. The van der Waals surface area contributed by atoms with E-state index in [2.05, 4.69) is 4.98 Å². The van der Waals surface area contributed by atoms with Crippen LogP contribution in [0.4, 0.5) is 0 Å². The number of hydrogen-bond donors (Lipinski definition) is 4. The lowest BCUT2D eigenvalue weighted by Crippen LogP contribution is -2.49. The molecular formula is C17H31N3O4. The minimum absolute atomic E-state index is 0.128. The first-order chi connectivity index (χ1) is 11.2. The molecule has 0 aromatic carbocycles. The van der Waals surface area contributed by atoms with Gasteiger partial charge in [0.15, 0.2) is 0 Å². The van der Waals surface area contributed by atoms with Gasteiger partial charge in [0.2, 0.25) is 0 Å². The number of aromatic nitrogens is 1. The normalized spacial score (nSPS) is 13.1. The molecule has 1 heterocycles. The second-order valence-corrected chi connectivity index (χ2v) is 7.00. The fourth-order valence-corrected chi connectivity index (χ4v) is 2.12. The van der Waals surface area contributed by atoms with Crippen LogP contribution in [0.1, 0.15) is 25.1 Å². The Bertz CT molecular complexity index is 442. The predicted molar refractivity (Wildman–Crippen MR) is 92.3 cm³/mol. The van der Waals surface area contributed by atoms with E-state index in [0.717, 1.165) is 11.3 Å². The molecule has 7 nitrogen and oxygen atoms in total. The molecule has 1 aromatic rings. The lowest BCUT2D eigenvalue weighted by molar-refractivity contribution is 0.00968. The van der Waals surface area contributed by atoms with E-state index < -0.39 is 11.1 Å². The van der Waals surface area contributed by atoms with Crippen molar-refractivity contribution in [2.24, 2.45) is 0 Å². The van der Waals surface area contributed by atoms with E-state index in [0.29, 0.717) is 13.1 Å². The zero-order valence-corrected chi connectivity index (χ0v) is 15.1. The van der Waals surface area contributed by atoms with E-state index in [9.17, 15) is 20.4 Å². The van der Waals surface area contributed by atoms with Gasteiger partial charge in [-0.15, -0.1) is 0 Å². The smallest absolute Gasteiger partial charge is 0.0645 e. The molecule has 0 saturated carbocycles. The van der Waals surface area contributed by atoms with E-state index in [1.807, 2.05) is 36.0 Å². The van der Waals surface area contributed by atoms with Crippen LogP contribution in [0.5, 0.6) is 0 Å². The fourth-order valence-electron chi connectivity index (χ4n) is 2.12. The molecule has 1 rings (SSSR count). The Morgan fingerprint density at radius 2 is 1.29 bits per heavy atom. The molecule has 4 N–H and O–H groups in total. The second-order valence-electron chi connectivity index (χ2n) is 7.00. The summed E-state index contributed by atoms with van der Waals surface area (Å²) in [5, 5.41) is 37.7. The van der Waals surface area contributed by atoms with Crippen molar-refractivity contribution in [1.29, 1.82) is 0 Å². The summed E-state index contributed by atoms with van der Waals surface area (Å²) in [5.74, 6) is 0. The third kappa shape index (κ3) is 4.95. The highest BCUT2D eigenvalue weighted by Gasteiger charge is 2.29. The number of pyridine rings is 1. The molecule has 0 spiro atoms. The Morgan fingerprint density at radius 1 is 0.833 bits per heavy atom. The van der Waals surface area contributed by atoms with Crippen LogP contribution < -0.4 is 0 Å². The molecule has 24 heavy (non-hydrogen) atoms. The number of likely N-dealkylation sites (N-methyl/N-ethyl adjacent to an activating group) is 2. The number of nitrogens with zero attached hydrogens (tertiary/aromatic N) is 3. The maximum Gasteiger partial charge on any atom is 0.0645 e. The first-order valence-corrected chi connectivity index (χ1v) is 8.04. The minimum atomic E-state index is -0.690. The van der Waals surface area contributed by atoms with E-state index in [1.54, 1.807) is 20.0 Å². The first-order valence-electron chi connectivity index (χ1n) is 8.04. The van der Waals surface area contributed by atoms with Gasteiger partial charge in [-0.05, 0) is 39.6 Å². The van der Waals surface area contributed by atoms with Crippen LogP contribution in [0.2, 0.25) is 0 Å². The summed E-state index contributed by atoms with van der Waals surface area (Å²) in [5.41, 5.74) is 0.446. The molecule has 0 amide bonds. The highest BCUT2D eigenvalue weighted by Crippen LogP contribution is 2.17. The molecule has 0 fully saturated rings. The van der Waals surface area contributed by atoms with E-state index >= 15 is 0 Å². The number of hydrogen-bond acceptors (Lipinski definition) is 7. The molecule has 0 aliphatic carbocycles. The van der Waals surface area contributed by atoms with Gasteiger partial charge in [-0.3, -0.25) is 14.8 Å². The molecule has 7 heteroatoms. The highest BCUT2D eigenvalue weighted by atomic mass is 16.3. The summed E-state index contributed by atoms with van der Waals surface area (Å²) < 4.78 is 0. The summed E-state index contributed by atoms with van der Waals surface area (Å²) in [6.07, 6.45) is 1.77. The molecule has 138 valence electrons. The third-order valence-corrected chi connectivity index (χ3v) is 4.91. The van der Waals surface area contributed by atoms with Gasteiger partial charge in [-0.1, -0.05) is 6.07 Å². The maximum atomic E-state index is 9.44. The summed E-state index contributed by atoms with van der Waals surface area (Å²) >= 11 is 0. The van der Waals surface area contributed by atoms with E-state index in [4.69, 9.17) is 0 Å². The molecule has 0 radical (unpaired) electrons. The molecule has 0 unspecified atom stereocenters. The topological polar surface area (TPSA) is 100 Å². The van der Waals surface area contributed by atoms with Crippen LogP contribution in [-0.4, -0.2) is 86.8 Å². The van der Waals surface area contributed by atoms with Crippen molar-refractivity contribution in [1.82, 2.24) is 14.8 Å². The lowest BCUT2D eigenvalue weighted by atomic mass is 10.0. The van der Waals surface area contributed by atoms with Crippen LogP contribution in [-0.2, 0) is 13.1 Å². The van der Waals surface area contributed by atoms with Crippen LogP contribution in [0.15, 0.2) is 18.3 Å². The second kappa shape index (κ2) is 8.84. The zero-order valence-electron chi connectivity index (χ0n) is 15.1. The van der Waals surface area contributed by atoms with Crippen LogP contribution >= 0.6 is 0 Å². The molecule has 0 aliphatic rings. The predicted octanol–water partition coefficient (Wildman–Crippen LogP) is -0.568. The average Bonchev–Trinajstić information content (AvgIpc) is 2.61. The van der Waals surface area contributed by atoms with Gasteiger partial charge >= 0.3 is 0 Å². The van der Waals surface area contributed by atoms with Crippen molar-refractivity contribution < 1.29 is 20.4 Å². The largest absolute Gasteiger partial charge is 0.394 e. The zero-order chi connectivity index (χ0) is 18.4. The van der Waals surface area contributed by atoms with Gasteiger partial charge in [0.1, 0.15) is 0 Å². The average molecular weight is 341 g/mol. The summed E-state index contributed by atoms with van der Waals surface area (Å²) in [6.45, 7) is 4.14. The Balaban J connectivity index is 2.73. The lowest BCUT2D eigenvalue weighted by Gasteiger charge is -2.36. The molecule has 0 bridgehead atoms. The van der Waals surface area contributed by atoms with Crippen LogP contribution in [0, 0.1) is 0 Å². The summed E-state index contributed by atoms with van der Waals surface area (Å²) in [7, 11) is 3.69. The maximum absolute atomic E-state index is 9.44. The minimum Gasteiger partial charge on any atom is -0.394 e. The number of rotatable bonds is 10. The Labute approximate surface area is 144 Å². The Morgan fingerprint density at radius 3 is 1.67 bits per heavy atom. The van der Waals surface area contributed by atoms with E-state index in [1.165, 1.54) is 0 Å². The number of aliphatic hydroxyl groups is 4. The van der Waals surface area contributed by atoms with Crippen LogP contribution in [0.25, 0.3) is 0 Å². The van der Waals surface area contributed by atoms with Gasteiger partial charge in [0, 0.05) is 19.3 Å². The SMILES string of the molecule is CN(Cc1ccc(CN(C)C(C)(CO)CO)nc1)C(C)(CO)CO.